The van der Waals surface area contributed by atoms with Crippen molar-refractivity contribution in [2.75, 3.05) is 0 Å². The van der Waals surface area contributed by atoms with Gasteiger partial charge in [-0.3, -0.25) is 4.79 Å². The number of Topliss-reactive ketones (excluding diaryl/α,β-unsaturated/α-hetero) is 1. The zero-order chi connectivity index (χ0) is 12.7. The summed E-state index contributed by atoms with van der Waals surface area (Å²) in [5, 5.41) is 1.05. The van der Waals surface area contributed by atoms with E-state index in [0.29, 0.717) is 11.7 Å². The molecule has 1 unspecified atom stereocenters. The van der Waals surface area contributed by atoms with E-state index in [-0.39, 0.29) is 11.7 Å². The molecule has 0 aliphatic heterocycles. The highest BCUT2D eigenvalue weighted by molar-refractivity contribution is 6.00. The largest absolute Gasteiger partial charge is 0.453 e. The normalized spacial score (nSPS) is 17.0. The number of hydrogen-bond donors (Lipinski definition) is 0. The summed E-state index contributed by atoms with van der Waals surface area (Å²) in [6.45, 7) is 4.41. The third kappa shape index (κ3) is 1.96. The average Bonchev–Trinajstić information content (AvgIpc) is 3.15. The van der Waals surface area contributed by atoms with Gasteiger partial charge >= 0.3 is 0 Å². The maximum atomic E-state index is 12.0. The number of hydrogen-bond acceptors (Lipinski definition) is 2. The van der Waals surface area contributed by atoms with Crippen molar-refractivity contribution in [3.63, 3.8) is 0 Å². The Labute approximate surface area is 107 Å². The molecule has 3 rings (SSSR count). The minimum atomic E-state index is 0.177. The molecule has 1 aromatic carbocycles. The van der Waals surface area contributed by atoms with Crippen LogP contribution in [0.1, 0.15) is 55.1 Å². The van der Waals surface area contributed by atoms with Crippen molar-refractivity contribution in [2.45, 2.75) is 39.0 Å². The lowest BCUT2D eigenvalue weighted by Gasteiger charge is -2.07. The first-order valence-electron chi connectivity index (χ1n) is 6.76. The Morgan fingerprint density at radius 2 is 2.17 bits per heavy atom. The van der Waals surface area contributed by atoms with Crippen LogP contribution in [0.15, 0.2) is 28.7 Å². The molecule has 0 amide bonds. The molecule has 1 heterocycles. The van der Waals surface area contributed by atoms with E-state index in [4.69, 9.17) is 4.42 Å². The number of benzene rings is 1. The van der Waals surface area contributed by atoms with E-state index >= 15 is 0 Å². The minimum Gasteiger partial charge on any atom is -0.453 e. The first-order valence-corrected chi connectivity index (χ1v) is 6.76. The van der Waals surface area contributed by atoms with Crippen molar-refractivity contribution >= 4 is 16.8 Å². The summed E-state index contributed by atoms with van der Waals surface area (Å²) in [5.74, 6) is 1.48. The van der Waals surface area contributed by atoms with E-state index in [0.717, 1.165) is 30.2 Å². The van der Waals surface area contributed by atoms with Crippen LogP contribution in [0.4, 0.5) is 0 Å². The first-order chi connectivity index (χ1) is 8.69. The smallest absolute Gasteiger partial charge is 0.201 e. The number of carbonyl (C=O) groups is 1. The molecule has 2 nitrogen and oxygen atoms in total. The summed E-state index contributed by atoms with van der Waals surface area (Å²) in [6, 6.07) is 8.14. The van der Waals surface area contributed by atoms with Crippen LogP contribution >= 0.6 is 0 Å². The number of rotatable bonds is 4. The van der Waals surface area contributed by atoms with Crippen molar-refractivity contribution in [1.29, 1.82) is 0 Å². The van der Waals surface area contributed by atoms with Crippen LogP contribution in [0.2, 0.25) is 0 Å². The fraction of sp³-hybridized carbons (Fsp3) is 0.438. The van der Waals surface area contributed by atoms with Crippen molar-refractivity contribution in [2.24, 2.45) is 5.92 Å². The molecule has 1 saturated carbocycles. The Kier molecular flexibility index (Phi) is 2.73. The lowest BCUT2D eigenvalue weighted by Crippen LogP contribution is -1.98. The van der Waals surface area contributed by atoms with Gasteiger partial charge in [0.25, 0.3) is 0 Å². The van der Waals surface area contributed by atoms with Gasteiger partial charge in [0.15, 0.2) is 5.76 Å². The van der Waals surface area contributed by atoms with Gasteiger partial charge in [-0.2, -0.15) is 0 Å². The van der Waals surface area contributed by atoms with Gasteiger partial charge in [0, 0.05) is 11.3 Å². The molecule has 1 atom stereocenters. The standard InChI is InChI=1S/C16H18O2/c1-3-10(2)12-6-7-14-13(8-12)9-15(18-14)16(17)11-4-5-11/h6-11H,3-5H2,1-2H3. The molecular weight excluding hydrogens is 224 g/mol. The first kappa shape index (κ1) is 11.5. The quantitative estimate of drug-likeness (QED) is 0.737. The number of carbonyl (C=O) groups excluding carboxylic acids is 1. The van der Waals surface area contributed by atoms with Gasteiger partial charge in [-0.25, -0.2) is 0 Å². The summed E-state index contributed by atoms with van der Waals surface area (Å²) in [6.07, 6.45) is 3.17. The van der Waals surface area contributed by atoms with E-state index in [1.165, 1.54) is 5.56 Å². The Balaban J connectivity index is 1.98. The summed E-state index contributed by atoms with van der Waals surface area (Å²) in [7, 11) is 0. The van der Waals surface area contributed by atoms with Gasteiger partial charge in [-0.1, -0.05) is 19.9 Å². The van der Waals surface area contributed by atoms with E-state index in [9.17, 15) is 4.79 Å². The summed E-state index contributed by atoms with van der Waals surface area (Å²) in [5.41, 5.74) is 2.14. The monoisotopic (exact) mass is 242 g/mol. The number of furan rings is 1. The minimum absolute atomic E-state index is 0.177. The maximum Gasteiger partial charge on any atom is 0.201 e. The molecule has 1 aromatic heterocycles. The van der Waals surface area contributed by atoms with Crippen molar-refractivity contribution in [3.05, 3.63) is 35.6 Å². The molecule has 18 heavy (non-hydrogen) atoms. The molecule has 2 heteroatoms. The van der Waals surface area contributed by atoms with Crippen molar-refractivity contribution in [3.8, 4) is 0 Å². The van der Waals surface area contributed by atoms with Crippen LogP contribution in [0.25, 0.3) is 11.0 Å². The molecule has 1 fully saturated rings. The highest BCUT2D eigenvalue weighted by atomic mass is 16.3. The second-order valence-electron chi connectivity index (χ2n) is 5.36. The van der Waals surface area contributed by atoms with Crippen LogP contribution in [0.5, 0.6) is 0 Å². The zero-order valence-electron chi connectivity index (χ0n) is 10.9. The van der Waals surface area contributed by atoms with Gasteiger partial charge in [0.05, 0.1) is 0 Å². The lowest BCUT2D eigenvalue weighted by atomic mass is 9.97. The van der Waals surface area contributed by atoms with E-state index in [2.05, 4.69) is 26.0 Å². The van der Waals surface area contributed by atoms with Crippen molar-refractivity contribution in [1.82, 2.24) is 0 Å². The van der Waals surface area contributed by atoms with E-state index < -0.39 is 0 Å². The van der Waals surface area contributed by atoms with Crippen molar-refractivity contribution < 1.29 is 9.21 Å². The van der Waals surface area contributed by atoms with Gasteiger partial charge in [0.2, 0.25) is 5.78 Å². The Morgan fingerprint density at radius 1 is 1.39 bits per heavy atom. The average molecular weight is 242 g/mol. The predicted octanol–water partition coefficient (Wildman–Crippen LogP) is 4.54. The second kappa shape index (κ2) is 4.27. The molecule has 0 radical (unpaired) electrons. The molecule has 0 saturated heterocycles. The molecule has 0 spiro atoms. The van der Waals surface area contributed by atoms with E-state index in [1.807, 2.05) is 12.1 Å². The van der Waals surface area contributed by atoms with Crippen LogP contribution in [-0.2, 0) is 0 Å². The summed E-state index contributed by atoms with van der Waals surface area (Å²) < 4.78 is 5.65. The van der Waals surface area contributed by atoms with Gasteiger partial charge in [-0.15, -0.1) is 0 Å². The summed E-state index contributed by atoms with van der Waals surface area (Å²) in [4.78, 5) is 12.0. The van der Waals surface area contributed by atoms with Crippen LogP contribution in [0.3, 0.4) is 0 Å². The third-order valence-electron chi connectivity index (χ3n) is 3.91. The SMILES string of the molecule is CCC(C)c1ccc2oc(C(=O)C3CC3)cc2c1. The molecule has 0 bridgehead atoms. The van der Waals surface area contributed by atoms with Gasteiger partial charge in [-0.05, 0) is 48.9 Å². The fourth-order valence-electron chi connectivity index (χ4n) is 2.27. The van der Waals surface area contributed by atoms with Crippen LogP contribution in [0, 0.1) is 5.92 Å². The molecule has 1 aliphatic rings. The fourth-order valence-corrected chi connectivity index (χ4v) is 2.27. The third-order valence-corrected chi connectivity index (χ3v) is 3.91. The topological polar surface area (TPSA) is 30.2 Å². The zero-order valence-corrected chi connectivity index (χ0v) is 10.9. The Morgan fingerprint density at radius 3 is 2.83 bits per heavy atom. The lowest BCUT2D eigenvalue weighted by molar-refractivity contribution is 0.0942. The van der Waals surface area contributed by atoms with Crippen LogP contribution < -0.4 is 0 Å². The maximum absolute atomic E-state index is 12.0. The number of fused-ring (bicyclic) bond motifs is 1. The highest BCUT2D eigenvalue weighted by Crippen LogP contribution is 2.34. The Hall–Kier alpha value is -1.57. The second-order valence-corrected chi connectivity index (χ2v) is 5.36. The van der Waals surface area contributed by atoms with Gasteiger partial charge in [0.1, 0.15) is 5.58 Å². The van der Waals surface area contributed by atoms with Crippen LogP contribution in [-0.4, -0.2) is 5.78 Å². The number of ketones is 1. The highest BCUT2D eigenvalue weighted by Gasteiger charge is 2.32. The molecule has 0 N–H and O–H groups in total. The molecular formula is C16H18O2. The predicted molar refractivity (Wildman–Crippen MR) is 72.0 cm³/mol. The van der Waals surface area contributed by atoms with E-state index in [1.54, 1.807) is 0 Å². The molecule has 94 valence electrons. The molecule has 1 aliphatic carbocycles. The molecule has 2 aromatic rings. The van der Waals surface area contributed by atoms with Gasteiger partial charge < -0.3 is 4.42 Å². The Bertz CT molecular complexity index is 590. The summed E-state index contributed by atoms with van der Waals surface area (Å²) >= 11 is 0.